The number of hydrogen-bond donors (Lipinski definition) is 2. The fourth-order valence-corrected chi connectivity index (χ4v) is 4.50. The molecule has 0 radical (unpaired) electrons. The summed E-state index contributed by atoms with van der Waals surface area (Å²) in [6.07, 6.45) is 5.62. The number of imidazole rings is 1. The highest BCUT2D eigenvalue weighted by atomic mass is 35.5. The quantitative estimate of drug-likeness (QED) is 0.351. The molecule has 2 N–H and O–H groups in total. The van der Waals surface area contributed by atoms with Crippen molar-refractivity contribution in [3.05, 3.63) is 82.7 Å². The predicted octanol–water partition coefficient (Wildman–Crippen LogP) is 4.53. The van der Waals surface area contributed by atoms with Gasteiger partial charge in [-0.3, -0.25) is 4.90 Å². The molecule has 1 amide bonds. The highest BCUT2D eigenvalue weighted by Crippen LogP contribution is 2.29. The minimum Gasteiger partial charge on any atom is -0.476 e. The molecule has 0 aromatic carbocycles. The second kappa shape index (κ2) is 9.46. The molecule has 1 aliphatic rings. The van der Waals surface area contributed by atoms with Gasteiger partial charge in [0, 0.05) is 25.0 Å². The summed E-state index contributed by atoms with van der Waals surface area (Å²) in [6.45, 7) is 4.00. The Bertz CT molecular complexity index is 1470. The monoisotopic (exact) mass is 506 g/mol. The third-order valence-electron chi connectivity index (χ3n) is 6.02. The number of carbonyl (C=O) groups is 2. The molecule has 2 atom stereocenters. The molecule has 36 heavy (non-hydrogen) atoms. The number of nitrogens with one attached hydrogen (secondary N) is 1. The fourth-order valence-electron chi connectivity index (χ4n) is 4.36. The number of carbonyl (C=O) groups excluding carboxylic acids is 1. The average molecular weight is 507 g/mol. The van der Waals surface area contributed by atoms with Crippen LogP contribution in [-0.4, -0.2) is 49.2 Å². The molecule has 0 spiro atoms. The van der Waals surface area contributed by atoms with Crippen LogP contribution in [0.2, 0.25) is 5.15 Å². The van der Waals surface area contributed by atoms with Gasteiger partial charge in [-0.15, -0.1) is 0 Å². The van der Waals surface area contributed by atoms with Crippen molar-refractivity contribution in [2.45, 2.75) is 32.4 Å². The van der Waals surface area contributed by atoms with Crippen LogP contribution in [0, 0.1) is 6.92 Å². The number of hydrogen-bond acceptors (Lipinski definition) is 7. The Balaban J connectivity index is 1.43. The number of rotatable bonds is 7. The van der Waals surface area contributed by atoms with Crippen molar-refractivity contribution in [1.82, 2.24) is 19.4 Å². The van der Waals surface area contributed by atoms with Crippen molar-refractivity contribution in [3.8, 4) is 0 Å². The Hall–Kier alpha value is -4.18. The summed E-state index contributed by atoms with van der Waals surface area (Å²) in [4.78, 5) is 39.0. The maximum absolute atomic E-state index is 12.8. The molecular weight excluding hydrogens is 484 g/mol. The first-order chi connectivity index (χ1) is 17.3. The minimum atomic E-state index is -1.19. The summed E-state index contributed by atoms with van der Waals surface area (Å²) < 4.78 is 7.34. The lowest BCUT2D eigenvalue weighted by atomic mass is 10.1. The summed E-state index contributed by atoms with van der Waals surface area (Å²) in [6, 6.07) is 10.1. The number of nitrogens with zero attached hydrogens (tertiary/aromatic N) is 5. The van der Waals surface area contributed by atoms with E-state index in [-0.39, 0.29) is 29.5 Å². The molecule has 184 valence electrons. The maximum Gasteiger partial charge on any atom is 0.415 e. The summed E-state index contributed by atoms with van der Waals surface area (Å²) >= 11 is 5.87. The van der Waals surface area contributed by atoms with E-state index in [1.165, 1.54) is 6.07 Å². The number of amides is 1. The van der Waals surface area contributed by atoms with Gasteiger partial charge in [0.05, 0.1) is 23.5 Å². The van der Waals surface area contributed by atoms with Crippen molar-refractivity contribution in [2.24, 2.45) is 0 Å². The SMILES string of the molecule is Cc1cc([C@@H](C)Nc2ccc(Cl)nc2C(=O)O)nc(N2C(=O)OC[C@@H]2Cc2cccn3ccnc23)c1. The van der Waals surface area contributed by atoms with E-state index >= 15 is 0 Å². The number of anilines is 2. The number of aromatic carboxylic acids is 1. The zero-order valence-electron chi connectivity index (χ0n) is 19.6. The summed E-state index contributed by atoms with van der Waals surface area (Å²) in [5.41, 5.74) is 3.48. The Morgan fingerprint density at radius 3 is 2.92 bits per heavy atom. The lowest BCUT2D eigenvalue weighted by Crippen LogP contribution is -2.36. The molecule has 5 rings (SSSR count). The first-order valence-corrected chi connectivity index (χ1v) is 11.7. The number of fused-ring (bicyclic) bond motifs is 1. The van der Waals surface area contributed by atoms with Crippen LogP contribution in [0.4, 0.5) is 16.3 Å². The van der Waals surface area contributed by atoms with E-state index in [1.807, 2.05) is 54.9 Å². The lowest BCUT2D eigenvalue weighted by molar-refractivity contribution is 0.0691. The number of aromatic nitrogens is 4. The molecule has 5 heterocycles. The third-order valence-corrected chi connectivity index (χ3v) is 6.23. The second-order valence-electron chi connectivity index (χ2n) is 8.63. The molecule has 0 bridgehead atoms. The van der Waals surface area contributed by atoms with Crippen molar-refractivity contribution in [2.75, 3.05) is 16.8 Å². The van der Waals surface area contributed by atoms with Crippen LogP contribution in [-0.2, 0) is 11.2 Å². The zero-order valence-corrected chi connectivity index (χ0v) is 20.3. The number of carboxylic acid groups (broad SMARTS) is 1. The number of aryl methyl sites for hydroxylation is 1. The van der Waals surface area contributed by atoms with Gasteiger partial charge < -0.3 is 19.6 Å². The van der Waals surface area contributed by atoms with Crippen LogP contribution in [0.25, 0.3) is 5.65 Å². The average Bonchev–Trinajstić information content (AvgIpc) is 3.47. The van der Waals surface area contributed by atoms with Gasteiger partial charge in [-0.2, -0.15) is 0 Å². The Kier molecular flexibility index (Phi) is 6.19. The van der Waals surface area contributed by atoms with Gasteiger partial charge >= 0.3 is 12.1 Å². The van der Waals surface area contributed by atoms with E-state index in [0.29, 0.717) is 23.6 Å². The van der Waals surface area contributed by atoms with Crippen LogP contribution in [0.3, 0.4) is 0 Å². The summed E-state index contributed by atoms with van der Waals surface area (Å²) in [5.74, 6) is -0.727. The van der Waals surface area contributed by atoms with E-state index in [2.05, 4.69) is 15.3 Å². The van der Waals surface area contributed by atoms with Crippen molar-refractivity contribution < 1.29 is 19.4 Å². The highest BCUT2D eigenvalue weighted by Gasteiger charge is 2.36. The summed E-state index contributed by atoms with van der Waals surface area (Å²) in [7, 11) is 0. The summed E-state index contributed by atoms with van der Waals surface area (Å²) in [5, 5.41) is 12.7. The first kappa shape index (κ1) is 23.6. The zero-order chi connectivity index (χ0) is 25.4. The largest absolute Gasteiger partial charge is 0.476 e. The molecule has 0 unspecified atom stereocenters. The molecule has 1 aliphatic heterocycles. The Labute approximate surface area is 211 Å². The topological polar surface area (TPSA) is 122 Å². The number of halogens is 1. The number of cyclic esters (lactones) is 1. The van der Waals surface area contributed by atoms with Gasteiger partial charge in [0.2, 0.25) is 0 Å². The predicted molar refractivity (Wildman–Crippen MR) is 134 cm³/mol. The van der Waals surface area contributed by atoms with Gasteiger partial charge in [-0.25, -0.2) is 24.5 Å². The molecule has 0 aliphatic carbocycles. The van der Waals surface area contributed by atoms with Crippen molar-refractivity contribution >= 4 is 40.8 Å². The van der Waals surface area contributed by atoms with Gasteiger partial charge in [-0.1, -0.05) is 17.7 Å². The molecule has 4 aromatic heterocycles. The van der Waals surface area contributed by atoms with Gasteiger partial charge in [0.15, 0.2) is 5.69 Å². The molecule has 1 fully saturated rings. The van der Waals surface area contributed by atoms with Crippen LogP contribution in [0.1, 0.15) is 40.3 Å². The van der Waals surface area contributed by atoms with Gasteiger partial charge in [-0.05, 0) is 55.3 Å². The third kappa shape index (κ3) is 4.55. The van der Waals surface area contributed by atoms with Crippen LogP contribution >= 0.6 is 11.6 Å². The van der Waals surface area contributed by atoms with Crippen LogP contribution in [0.15, 0.2) is 55.0 Å². The van der Waals surface area contributed by atoms with Gasteiger partial charge in [0.25, 0.3) is 0 Å². The van der Waals surface area contributed by atoms with Crippen LogP contribution < -0.4 is 10.2 Å². The molecule has 4 aromatic rings. The minimum absolute atomic E-state index is 0.0891. The molecule has 0 saturated carbocycles. The van der Waals surface area contributed by atoms with Crippen molar-refractivity contribution in [1.29, 1.82) is 0 Å². The van der Waals surface area contributed by atoms with E-state index in [4.69, 9.17) is 21.3 Å². The maximum atomic E-state index is 12.8. The lowest BCUT2D eigenvalue weighted by Gasteiger charge is -2.23. The van der Waals surface area contributed by atoms with Crippen LogP contribution in [0.5, 0.6) is 0 Å². The molecule has 10 nitrogen and oxygen atoms in total. The fraction of sp³-hybridized carbons (Fsp3) is 0.240. The Morgan fingerprint density at radius 2 is 2.11 bits per heavy atom. The van der Waals surface area contributed by atoms with E-state index in [1.54, 1.807) is 17.2 Å². The van der Waals surface area contributed by atoms with Crippen molar-refractivity contribution in [3.63, 3.8) is 0 Å². The number of pyridine rings is 3. The van der Waals surface area contributed by atoms with E-state index < -0.39 is 12.1 Å². The molecule has 11 heteroatoms. The van der Waals surface area contributed by atoms with E-state index in [9.17, 15) is 14.7 Å². The standard InChI is InChI=1S/C25H23ClN6O4/c1-14-10-19(15(2)28-18-5-6-20(26)30-22(18)24(33)34)29-21(11-14)32-17(13-36-25(32)35)12-16-4-3-8-31-9-7-27-23(16)31/h3-11,15,17,28H,12-13H2,1-2H3,(H,33,34)/t15-,17+/m1/s1. The number of ether oxygens (including phenoxy) is 1. The number of carboxylic acids is 1. The first-order valence-electron chi connectivity index (χ1n) is 11.3. The smallest absolute Gasteiger partial charge is 0.415 e. The normalized spacial score (nSPS) is 16.2. The van der Waals surface area contributed by atoms with E-state index in [0.717, 1.165) is 16.8 Å². The second-order valence-corrected chi connectivity index (χ2v) is 9.01. The van der Waals surface area contributed by atoms with Gasteiger partial charge in [0.1, 0.15) is 23.2 Å². The Morgan fingerprint density at radius 1 is 1.28 bits per heavy atom. The molecule has 1 saturated heterocycles. The highest BCUT2D eigenvalue weighted by molar-refractivity contribution is 6.29. The molecular formula is C25H23ClN6O4.